The third kappa shape index (κ3) is 3.81. The van der Waals surface area contributed by atoms with E-state index in [1.165, 1.54) is 24.3 Å². The first-order valence-corrected chi connectivity index (χ1v) is 10.4. The molecule has 158 valence electrons. The number of carbonyl (C=O) groups is 2. The van der Waals surface area contributed by atoms with E-state index < -0.39 is 0 Å². The minimum atomic E-state index is -0.359. The number of amides is 2. The zero-order chi connectivity index (χ0) is 21.4. The van der Waals surface area contributed by atoms with Gasteiger partial charge in [-0.15, -0.1) is 10.2 Å². The summed E-state index contributed by atoms with van der Waals surface area (Å²) in [6, 6.07) is 15.3. The molecule has 8 heteroatoms. The van der Waals surface area contributed by atoms with Crippen LogP contribution in [-0.4, -0.2) is 44.6 Å². The number of nitrogens with one attached hydrogen (secondary N) is 1. The second-order valence-corrected chi connectivity index (χ2v) is 8.16. The standard InChI is InChI=1S/C23H22FN5O2/c24-19-8-6-16(7-9-19)23(31)28-12-17-10-20-26-27-21(29(20)14-18(17)13-28)22(30)25-11-15-4-2-1-3-5-15/h1-9,17-18H,10-14H2,(H,25,30)/t17-,18+/m0/s1. The smallest absolute Gasteiger partial charge is 0.289 e. The topological polar surface area (TPSA) is 80.1 Å². The fourth-order valence-electron chi connectivity index (χ4n) is 4.49. The molecule has 2 aliphatic rings. The van der Waals surface area contributed by atoms with Crippen molar-refractivity contribution in [3.05, 3.63) is 83.2 Å². The van der Waals surface area contributed by atoms with Crippen molar-refractivity contribution >= 4 is 11.8 Å². The molecule has 1 aromatic heterocycles. The molecule has 0 radical (unpaired) electrons. The van der Waals surface area contributed by atoms with E-state index >= 15 is 0 Å². The van der Waals surface area contributed by atoms with Crippen molar-refractivity contribution in [2.24, 2.45) is 11.8 Å². The molecule has 7 nitrogen and oxygen atoms in total. The predicted molar refractivity (Wildman–Crippen MR) is 111 cm³/mol. The van der Waals surface area contributed by atoms with Gasteiger partial charge in [0.25, 0.3) is 11.8 Å². The van der Waals surface area contributed by atoms with Gasteiger partial charge < -0.3 is 14.8 Å². The van der Waals surface area contributed by atoms with E-state index in [0.717, 1.165) is 11.4 Å². The average molecular weight is 419 g/mol. The number of likely N-dealkylation sites (tertiary alicyclic amines) is 1. The Kier molecular flexibility index (Phi) is 4.97. The first-order valence-electron chi connectivity index (χ1n) is 10.4. The van der Waals surface area contributed by atoms with Crippen LogP contribution in [0, 0.1) is 17.7 Å². The number of halogens is 1. The molecule has 0 saturated carbocycles. The summed E-state index contributed by atoms with van der Waals surface area (Å²) in [6.07, 6.45) is 0.677. The van der Waals surface area contributed by atoms with Crippen LogP contribution in [0.15, 0.2) is 54.6 Å². The molecule has 2 aliphatic heterocycles. The van der Waals surface area contributed by atoms with Gasteiger partial charge >= 0.3 is 0 Å². The molecule has 5 rings (SSSR count). The van der Waals surface area contributed by atoms with Crippen LogP contribution in [0.3, 0.4) is 0 Å². The lowest BCUT2D eigenvalue weighted by molar-refractivity contribution is 0.0782. The van der Waals surface area contributed by atoms with Crippen LogP contribution in [-0.2, 0) is 19.5 Å². The number of hydrogen-bond acceptors (Lipinski definition) is 4. The van der Waals surface area contributed by atoms with Gasteiger partial charge in [0, 0.05) is 38.2 Å². The summed E-state index contributed by atoms with van der Waals surface area (Å²) in [5.41, 5.74) is 1.50. The lowest BCUT2D eigenvalue weighted by Gasteiger charge is -2.25. The monoisotopic (exact) mass is 419 g/mol. The van der Waals surface area contributed by atoms with Gasteiger partial charge in [-0.25, -0.2) is 4.39 Å². The van der Waals surface area contributed by atoms with E-state index in [2.05, 4.69) is 15.5 Å². The molecular weight excluding hydrogens is 397 g/mol. The summed E-state index contributed by atoms with van der Waals surface area (Å²) < 4.78 is 15.0. The summed E-state index contributed by atoms with van der Waals surface area (Å²) in [4.78, 5) is 27.3. The second kappa shape index (κ2) is 7.94. The highest BCUT2D eigenvalue weighted by Crippen LogP contribution is 2.33. The fraction of sp³-hybridized carbons (Fsp3) is 0.304. The summed E-state index contributed by atoms with van der Waals surface area (Å²) in [5, 5.41) is 11.3. The number of hydrogen-bond donors (Lipinski definition) is 1. The zero-order valence-corrected chi connectivity index (χ0v) is 16.9. The summed E-state index contributed by atoms with van der Waals surface area (Å²) in [7, 11) is 0. The predicted octanol–water partition coefficient (Wildman–Crippen LogP) is 2.29. The Labute approximate surface area is 178 Å². The number of fused-ring (bicyclic) bond motifs is 2. The van der Waals surface area contributed by atoms with Gasteiger partial charge in [0.1, 0.15) is 11.6 Å². The molecule has 2 aromatic carbocycles. The summed E-state index contributed by atoms with van der Waals surface area (Å²) in [6.45, 7) is 2.26. The lowest BCUT2D eigenvalue weighted by atomic mass is 9.89. The zero-order valence-electron chi connectivity index (χ0n) is 16.9. The highest BCUT2D eigenvalue weighted by atomic mass is 19.1. The van der Waals surface area contributed by atoms with Crippen molar-refractivity contribution in [2.45, 2.75) is 19.5 Å². The van der Waals surface area contributed by atoms with Crippen LogP contribution in [0.1, 0.15) is 32.4 Å². The molecule has 1 N–H and O–H groups in total. The molecule has 3 aromatic rings. The van der Waals surface area contributed by atoms with Crippen LogP contribution in [0.2, 0.25) is 0 Å². The third-order valence-corrected chi connectivity index (χ3v) is 6.14. The second-order valence-electron chi connectivity index (χ2n) is 8.16. The molecule has 0 unspecified atom stereocenters. The van der Waals surface area contributed by atoms with E-state index in [1.807, 2.05) is 39.8 Å². The van der Waals surface area contributed by atoms with Crippen molar-refractivity contribution in [2.75, 3.05) is 13.1 Å². The number of benzene rings is 2. The van der Waals surface area contributed by atoms with Gasteiger partial charge in [0.2, 0.25) is 5.82 Å². The first-order chi connectivity index (χ1) is 15.1. The van der Waals surface area contributed by atoms with E-state index in [-0.39, 0.29) is 29.5 Å². The minimum absolute atomic E-state index is 0.0917. The summed E-state index contributed by atoms with van der Waals surface area (Å²) >= 11 is 0. The average Bonchev–Trinajstić information content (AvgIpc) is 3.40. The maximum absolute atomic E-state index is 13.2. The van der Waals surface area contributed by atoms with Crippen molar-refractivity contribution in [3.8, 4) is 0 Å². The highest BCUT2D eigenvalue weighted by Gasteiger charge is 2.40. The van der Waals surface area contributed by atoms with Crippen molar-refractivity contribution in [1.29, 1.82) is 0 Å². The molecular formula is C23H22FN5O2. The molecule has 1 saturated heterocycles. The van der Waals surface area contributed by atoms with Crippen molar-refractivity contribution in [1.82, 2.24) is 25.0 Å². The SMILES string of the molecule is O=C(NCc1ccccc1)c1nnc2n1C[C@H]1CN(C(=O)c3ccc(F)cc3)C[C@@H]1C2. The highest BCUT2D eigenvalue weighted by molar-refractivity contribution is 5.94. The minimum Gasteiger partial charge on any atom is -0.345 e. The van der Waals surface area contributed by atoms with Crippen LogP contribution in [0.5, 0.6) is 0 Å². The number of rotatable bonds is 4. The van der Waals surface area contributed by atoms with Crippen molar-refractivity contribution < 1.29 is 14.0 Å². The van der Waals surface area contributed by atoms with Gasteiger partial charge in [-0.05, 0) is 41.7 Å². The Bertz CT molecular complexity index is 1110. The lowest BCUT2D eigenvalue weighted by Crippen LogP contribution is -2.33. The number of carbonyl (C=O) groups excluding carboxylic acids is 2. The molecule has 1 fully saturated rings. The largest absolute Gasteiger partial charge is 0.345 e. The van der Waals surface area contributed by atoms with E-state index in [1.54, 1.807) is 0 Å². The van der Waals surface area contributed by atoms with E-state index in [4.69, 9.17) is 0 Å². The Hall–Kier alpha value is -3.55. The Morgan fingerprint density at radius 2 is 1.71 bits per heavy atom. The molecule has 2 atom stereocenters. The van der Waals surface area contributed by atoms with Gasteiger partial charge in [0.05, 0.1) is 0 Å². The first kappa shape index (κ1) is 19.4. The molecule has 0 aliphatic carbocycles. The quantitative estimate of drug-likeness (QED) is 0.704. The molecule has 0 bridgehead atoms. The van der Waals surface area contributed by atoms with Crippen LogP contribution < -0.4 is 5.32 Å². The molecule has 3 heterocycles. The van der Waals surface area contributed by atoms with Crippen LogP contribution in [0.25, 0.3) is 0 Å². The Morgan fingerprint density at radius 1 is 0.968 bits per heavy atom. The molecule has 2 amide bonds. The number of aromatic nitrogens is 3. The van der Waals surface area contributed by atoms with Crippen LogP contribution in [0.4, 0.5) is 4.39 Å². The van der Waals surface area contributed by atoms with Crippen LogP contribution >= 0.6 is 0 Å². The molecule has 0 spiro atoms. The number of nitrogens with zero attached hydrogens (tertiary/aromatic N) is 4. The Morgan fingerprint density at radius 3 is 2.48 bits per heavy atom. The Balaban J connectivity index is 1.26. The maximum atomic E-state index is 13.2. The fourth-order valence-corrected chi connectivity index (χ4v) is 4.49. The van der Waals surface area contributed by atoms with Gasteiger partial charge in [-0.1, -0.05) is 30.3 Å². The van der Waals surface area contributed by atoms with Gasteiger partial charge in [-0.3, -0.25) is 9.59 Å². The van der Waals surface area contributed by atoms with Crippen molar-refractivity contribution in [3.63, 3.8) is 0 Å². The van der Waals surface area contributed by atoms with Gasteiger partial charge in [0.15, 0.2) is 0 Å². The normalized spacial score (nSPS) is 19.6. The van der Waals surface area contributed by atoms with Gasteiger partial charge in [-0.2, -0.15) is 0 Å². The maximum Gasteiger partial charge on any atom is 0.289 e. The molecule has 31 heavy (non-hydrogen) atoms. The van der Waals surface area contributed by atoms with E-state index in [9.17, 15) is 14.0 Å². The summed E-state index contributed by atoms with van der Waals surface area (Å²) in [5.74, 6) is 0.900. The van der Waals surface area contributed by atoms with E-state index in [0.29, 0.717) is 44.0 Å². The third-order valence-electron chi connectivity index (χ3n) is 6.14.